The fourth-order valence-electron chi connectivity index (χ4n) is 2.34. The van der Waals surface area contributed by atoms with Gasteiger partial charge in [-0.1, -0.05) is 12.1 Å². The first-order chi connectivity index (χ1) is 10.5. The summed E-state index contributed by atoms with van der Waals surface area (Å²) in [6, 6.07) is 8.82. The van der Waals surface area contributed by atoms with Crippen LogP contribution in [0.3, 0.4) is 0 Å². The van der Waals surface area contributed by atoms with Crippen molar-refractivity contribution in [2.75, 3.05) is 7.11 Å². The van der Waals surface area contributed by atoms with Gasteiger partial charge in [0.25, 0.3) is 11.0 Å². The van der Waals surface area contributed by atoms with E-state index < -0.39 is 8.25 Å². The van der Waals surface area contributed by atoms with Gasteiger partial charge in [-0.05, 0) is 12.1 Å². The summed E-state index contributed by atoms with van der Waals surface area (Å²) in [6.45, 7) is 0. The summed E-state index contributed by atoms with van der Waals surface area (Å²) < 4.78 is 21.8. The summed E-state index contributed by atoms with van der Waals surface area (Å²) in [6.07, 6.45) is 0. The topological polar surface area (TPSA) is 110 Å². The molecule has 114 valence electrons. The number of methoxy groups -OCH3 is 1. The zero-order valence-electron chi connectivity index (χ0n) is 11.3. The van der Waals surface area contributed by atoms with Crippen LogP contribution < -0.4 is 18.7 Å². The lowest BCUT2D eigenvalue weighted by Gasteiger charge is -2.11. The number of ether oxygens (including phenoxy) is 1. The Hall–Kier alpha value is -2.57. The molecule has 0 saturated carbocycles. The Balaban J connectivity index is 2.51. The van der Waals surface area contributed by atoms with Gasteiger partial charge in [-0.25, -0.2) is 4.57 Å². The number of nitrogens with zero attached hydrogens (tertiary/aromatic N) is 2. The molecular weight excluding hydrogens is 311 g/mol. The quantitative estimate of drug-likeness (QED) is 0.334. The minimum Gasteiger partial charge on any atom is -0.617 e. The van der Waals surface area contributed by atoms with Crippen LogP contribution in [0, 0.1) is 10.4 Å². The van der Waals surface area contributed by atoms with Gasteiger partial charge < -0.3 is 24.6 Å². The van der Waals surface area contributed by atoms with Crippen molar-refractivity contribution in [1.29, 1.82) is 0 Å². The zero-order valence-corrected chi connectivity index (χ0v) is 12.3. The highest BCUT2D eigenvalue weighted by molar-refractivity contribution is 7.32. The van der Waals surface area contributed by atoms with Crippen LogP contribution in [0.5, 0.6) is 11.5 Å². The highest BCUT2D eigenvalue weighted by Gasteiger charge is 2.27. The summed E-state index contributed by atoms with van der Waals surface area (Å²) in [5, 5.41) is 25.1. The van der Waals surface area contributed by atoms with Gasteiger partial charge in [0.2, 0.25) is 5.75 Å². The number of fused-ring (bicyclic) bond motifs is 2. The van der Waals surface area contributed by atoms with E-state index in [1.165, 1.54) is 31.4 Å². The first kappa shape index (κ1) is 14.4. The molecule has 2 aromatic carbocycles. The van der Waals surface area contributed by atoms with Crippen molar-refractivity contribution in [2.24, 2.45) is 0 Å². The molecule has 1 atom stereocenters. The summed E-state index contributed by atoms with van der Waals surface area (Å²) in [5.74, 6) is 0.120. The third-order valence-electron chi connectivity index (χ3n) is 3.22. The number of aromatic nitrogens is 2. The lowest BCUT2D eigenvalue weighted by Crippen LogP contribution is -2.39. The molecule has 0 saturated heterocycles. The van der Waals surface area contributed by atoms with Crippen molar-refractivity contribution in [1.82, 2.24) is 0 Å². The minimum atomic E-state index is -3.31. The molecule has 0 amide bonds. The lowest BCUT2D eigenvalue weighted by atomic mass is 10.2. The molecule has 0 aliphatic heterocycles. The molecule has 0 radical (unpaired) electrons. The number of hydrogen-bond acceptors (Lipinski definition) is 5. The second-order valence-corrected chi connectivity index (χ2v) is 5.14. The van der Waals surface area contributed by atoms with E-state index in [2.05, 4.69) is 0 Å². The van der Waals surface area contributed by atoms with E-state index >= 15 is 0 Å². The summed E-state index contributed by atoms with van der Waals surface area (Å²) >= 11 is 0. The SMILES string of the molecule is COc1cccc2c1[n+]([O-])c1cccc(O[PH](=O)O)c1[n+]2[O-]. The van der Waals surface area contributed by atoms with Crippen LogP contribution in [0.25, 0.3) is 22.1 Å². The molecule has 1 unspecified atom stereocenters. The summed E-state index contributed by atoms with van der Waals surface area (Å²) in [5.41, 5.74) is 0.0233. The van der Waals surface area contributed by atoms with Gasteiger partial charge in [-0.3, -0.25) is 0 Å². The molecule has 1 N–H and O–H groups in total. The van der Waals surface area contributed by atoms with E-state index in [4.69, 9.17) is 14.2 Å². The van der Waals surface area contributed by atoms with E-state index in [0.29, 0.717) is 9.46 Å². The second kappa shape index (κ2) is 5.32. The van der Waals surface area contributed by atoms with Crippen LogP contribution in [0.2, 0.25) is 0 Å². The zero-order chi connectivity index (χ0) is 15.9. The van der Waals surface area contributed by atoms with Gasteiger partial charge in [0, 0.05) is 12.1 Å². The third kappa shape index (κ3) is 2.09. The average molecular weight is 322 g/mol. The summed E-state index contributed by atoms with van der Waals surface area (Å²) in [7, 11) is -1.92. The van der Waals surface area contributed by atoms with Gasteiger partial charge in [0.15, 0.2) is 5.75 Å². The fraction of sp³-hybridized carbons (Fsp3) is 0.0769. The largest absolute Gasteiger partial charge is 0.617 e. The number of benzene rings is 2. The molecule has 0 aliphatic rings. The number of para-hydroxylation sites is 2. The lowest BCUT2D eigenvalue weighted by molar-refractivity contribution is -0.591. The van der Waals surface area contributed by atoms with E-state index in [0.717, 1.165) is 0 Å². The maximum absolute atomic E-state index is 12.6. The number of hydrogen-bond donors (Lipinski definition) is 1. The van der Waals surface area contributed by atoms with Crippen LogP contribution in [0.1, 0.15) is 0 Å². The van der Waals surface area contributed by atoms with Crippen molar-refractivity contribution < 1.29 is 28.2 Å². The Morgan fingerprint density at radius 2 is 1.50 bits per heavy atom. The standard InChI is InChI=1S/C13H11N2O6P/c1-20-10-6-2-4-8-12(10)14(16)9-5-3-7-11(21-22(18)19)13(9)15(8)17/h2-7,22H,1H3,(H,18,19). The highest BCUT2D eigenvalue weighted by atomic mass is 31.1. The predicted octanol–water partition coefficient (Wildman–Crippen LogP) is 1.03. The van der Waals surface area contributed by atoms with E-state index in [9.17, 15) is 15.0 Å². The van der Waals surface area contributed by atoms with Crippen LogP contribution >= 0.6 is 8.25 Å². The molecule has 22 heavy (non-hydrogen) atoms. The molecule has 9 heteroatoms. The van der Waals surface area contributed by atoms with Crippen LogP contribution in [0.4, 0.5) is 0 Å². The fourth-order valence-corrected chi connectivity index (χ4v) is 2.69. The predicted molar refractivity (Wildman–Crippen MR) is 77.8 cm³/mol. The van der Waals surface area contributed by atoms with E-state index in [1.807, 2.05) is 0 Å². The van der Waals surface area contributed by atoms with Crippen molar-refractivity contribution >= 4 is 30.3 Å². The van der Waals surface area contributed by atoms with Crippen molar-refractivity contribution in [2.45, 2.75) is 0 Å². The smallest absolute Gasteiger partial charge is 0.365 e. The molecule has 0 fully saturated rings. The maximum Gasteiger partial charge on any atom is 0.365 e. The van der Waals surface area contributed by atoms with Crippen molar-refractivity contribution in [3.63, 3.8) is 0 Å². The Morgan fingerprint density at radius 3 is 2.00 bits per heavy atom. The van der Waals surface area contributed by atoms with Gasteiger partial charge in [-0.2, -0.15) is 9.46 Å². The molecule has 3 rings (SSSR count). The molecule has 3 aromatic rings. The Labute approximate surface area is 124 Å². The molecule has 0 spiro atoms. The molecule has 0 aliphatic carbocycles. The molecular formula is C13H11N2O6P. The Kier molecular flexibility index (Phi) is 3.48. The second-order valence-electron chi connectivity index (χ2n) is 4.41. The van der Waals surface area contributed by atoms with Gasteiger partial charge in [0.1, 0.15) is 0 Å². The minimum absolute atomic E-state index is 0.00718. The molecule has 8 nitrogen and oxygen atoms in total. The third-order valence-corrected chi connectivity index (χ3v) is 3.61. The van der Waals surface area contributed by atoms with Crippen LogP contribution in [-0.4, -0.2) is 12.0 Å². The van der Waals surface area contributed by atoms with Crippen molar-refractivity contribution in [3.05, 3.63) is 46.8 Å². The molecule has 0 bridgehead atoms. The Bertz CT molecular complexity index is 914. The normalized spacial score (nSPS) is 12.5. The van der Waals surface area contributed by atoms with E-state index in [-0.39, 0.29) is 33.6 Å². The number of rotatable bonds is 3. The van der Waals surface area contributed by atoms with Gasteiger partial charge in [-0.15, -0.1) is 0 Å². The molecule has 1 heterocycles. The van der Waals surface area contributed by atoms with Gasteiger partial charge in [0.05, 0.1) is 7.11 Å². The Morgan fingerprint density at radius 1 is 1.00 bits per heavy atom. The van der Waals surface area contributed by atoms with Crippen molar-refractivity contribution in [3.8, 4) is 11.5 Å². The summed E-state index contributed by atoms with van der Waals surface area (Å²) in [4.78, 5) is 8.93. The van der Waals surface area contributed by atoms with Crippen LogP contribution in [-0.2, 0) is 4.57 Å². The first-order valence-electron chi connectivity index (χ1n) is 6.20. The monoisotopic (exact) mass is 322 g/mol. The van der Waals surface area contributed by atoms with Crippen LogP contribution in [0.15, 0.2) is 36.4 Å². The molecule has 1 aromatic heterocycles. The first-order valence-corrected chi connectivity index (χ1v) is 7.46. The van der Waals surface area contributed by atoms with E-state index in [1.54, 1.807) is 12.1 Å². The highest BCUT2D eigenvalue weighted by Crippen LogP contribution is 2.30. The average Bonchev–Trinajstić information content (AvgIpc) is 2.51. The van der Waals surface area contributed by atoms with Gasteiger partial charge >= 0.3 is 19.3 Å². The maximum atomic E-state index is 12.6.